The molecule has 23 heavy (non-hydrogen) atoms. The van der Waals surface area contributed by atoms with Gasteiger partial charge in [-0.3, -0.25) is 4.79 Å². The first-order valence-corrected chi connectivity index (χ1v) is 7.36. The van der Waals surface area contributed by atoms with Crippen molar-refractivity contribution in [2.24, 2.45) is 0 Å². The minimum absolute atomic E-state index is 0.0495. The molecule has 0 aliphatic rings. The van der Waals surface area contributed by atoms with Crippen LogP contribution >= 0.6 is 0 Å². The molecular formula is C19H19NO3. The van der Waals surface area contributed by atoms with Gasteiger partial charge >= 0.3 is 5.97 Å². The van der Waals surface area contributed by atoms with Gasteiger partial charge in [-0.05, 0) is 29.8 Å². The standard InChI is InChI=1S/C19H19NO3/c1-2-13-20(14-12-19(21)22)17-8-10-18(11-9-17)23-15-16-6-4-3-5-7-16/h1,3-11H,12-15H2,(H,21,22). The van der Waals surface area contributed by atoms with Gasteiger partial charge in [0.2, 0.25) is 0 Å². The molecule has 1 N–H and O–H groups in total. The van der Waals surface area contributed by atoms with Crippen molar-refractivity contribution in [1.82, 2.24) is 0 Å². The minimum Gasteiger partial charge on any atom is -0.489 e. The Balaban J connectivity index is 1.96. The first kappa shape index (κ1) is 16.4. The molecule has 2 aromatic rings. The van der Waals surface area contributed by atoms with E-state index in [1.54, 1.807) is 0 Å². The van der Waals surface area contributed by atoms with Crippen LogP contribution in [0.2, 0.25) is 0 Å². The van der Waals surface area contributed by atoms with Gasteiger partial charge in [0.1, 0.15) is 12.4 Å². The Kier molecular flexibility index (Phi) is 6.07. The van der Waals surface area contributed by atoms with Crippen molar-refractivity contribution in [2.75, 3.05) is 18.0 Å². The fourth-order valence-corrected chi connectivity index (χ4v) is 2.13. The van der Waals surface area contributed by atoms with Gasteiger partial charge in [-0.2, -0.15) is 0 Å². The second-order valence-corrected chi connectivity index (χ2v) is 5.04. The van der Waals surface area contributed by atoms with Gasteiger partial charge < -0.3 is 14.7 Å². The lowest BCUT2D eigenvalue weighted by atomic mass is 10.2. The van der Waals surface area contributed by atoms with Gasteiger partial charge in [-0.25, -0.2) is 0 Å². The lowest BCUT2D eigenvalue weighted by Crippen LogP contribution is -2.26. The van der Waals surface area contributed by atoms with E-state index in [0.717, 1.165) is 17.0 Å². The Hall–Kier alpha value is -2.93. The molecule has 0 unspecified atom stereocenters. The van der Waals surface area contributed by atoms with Gasteiger partial charge in [0, 0.05) is 12.2 Å². The van der Waals surface area contributed by atoms with Crippen LogP contribution in [0.25, 0.3) is 0 Å². The molecule has 0 aromatic heterocycles. The van der Waals surface area contributed by atoms with E-state index in [1.807, 2.05) is 59.5 Å². The average molecular weight is 309 g/mol. The lowest BCUT2D eigenvalue weighted by Gasteiger charge is -2.21. The molecule has 0 radical (unpaired) electrons. The number of carboxylic acids is 1. The van der Waals surface area contributed by atoms with Crippen LogP contribution in [0.5, 0.6) is 5.75 Å². The Morgan fingerprint density at radius 2 is 1.83 bits per heavy atom. The summed E-state index contributed by atoms with van der Waals surface area (Å²) in [5.74, 6) is 2.48. The second kappa shape index (κ2) is 8.50. The van der Waals surface area contributed by atoms with Crippen LogP contribution in [0.4, 0.5) is 5.69 Å². The molecule has 0 amide bonds. The second-order valence-electron chi connectivity index (χ2n) is 5.04. The topological polar surface area (TPSA) is 49.8 Å². The largest absolute Gasteiger partial charge is 0.489 e. The SMILES string of the molecule is C#CCN(CCC(=O)O)c1ccc(OCc2ccccc2)cc1. The summed E-state index contributed by atoms with van der Waals surface area (Å²) in [7, 11) is 0. The zero-order valence-corrected chi connectivity index (χ0v) is 12.8. The molecule has 4 nitrogen and oxygen atoms in total. The van der Waals surface area contributed by atoms with E-state index in [-0.39, 0.29) is 6.42 Å². The van der Waals surface area contributed by atoms with Crippen LogP contribution < -0.4 is 9.64 Å². The third-order valence-corrected chi connectivity index (χ3v) is 3.33. The molecule has 2 rings (SSSR count). The van der Waals surface area contributed by atoms with Gasteiger partial charge in [0.15, 0.2) is 0 Å². The van der Waals surface area contributed by atoms with Gasteiger partial charge in [-0.15, -0.1) is 6.42 Å². The summed E-state index contributed by atoms with van der Waals surface area (Å²) >= 11 is 0. The number of hydrogen-bond donors (Lipinski definition) is 1. The molecule has 0 bridgehead atoms. The molecule has 0 heterocycles. The van der Waals surface area contributed by atoms with Crippen LogP contribution in [0, 0.1) is 12.3 Å². The van der Waals surface area contributed by atoms with E-state index in [1.165, 1.54) is 0 Å². The van der Waals surface area contributed by atoms with Crippen LogP contribution in [0.1, 0.15) is 12.0 Å². The van der Waals surface area contributed by atoms with Crippen molar-refractivity contribution in [3.8, 4) is 18.1 Å². The van der Waals surface area contributed by atoms with Gasteiger partial charge in [0.05, 0.1) is 13.0 Å². The number of hydrogen-bond acceptors (Lipinski definition) is 3. The van der Waals surface area contributed by atoms with Crippen LogP contribution in [-0.2, 0) is 11.4 Å². The number of nitrogens with zero attached hydrogens (tertiary/aromatic N) is 1. The van der Waals surface area contributed by atoms with Gasteiger partial charge in [0.25, 0.3) is 0 Å². The van der Waals surface area contributed by atoms with Crippen molar-refractivity contribution < 1.29 is 14.6 Å². The molecule has 0 fully saturated rings. The van der Waals surface area contributed by atoms with Crippen molar-refractivity contribution in [3.63, 3.8) is 0 Å². The number of rotatable bonds is 8. The molecule has 0 aliphatic heterocycles. The first-order valence-electron chi connectivity index (χ1n) is 7.36. The van der Waals surface area contributed by atoms with Crippen LogP contribution in [0.3, 0.4) is 0 Å². The minimum atomic E-state index is -0.838. The normalized spacial score (nSPS) is 9.87. The average Bonchev–Trinajstić information content (AvgIpc) is 2.58. The first-order chi connectivity index (χ1) is 11.2. The summed E-state index contributed by atoms with van der Waals surface area (Å²) in [6.07, 6.45) is 5.40. The fourth-order valence-electron chi connectivity index (χ4n) is 2.13. The predicted molar refractivity (Wildman–Crippen MR) is 90.5 cm³/mol. The van der Waals surface area contributed by atoms with E-state index < -0.39 is 5.97 Å². The maximum Gasteiger partial charge on any atom is 0.305 e. The van der Waals surface area contributed by atoms with E-state index in [2.05, 4.69) is 5.92 Å². The maximum atomic E-state index is 10.7. The summed E-state index contributed by atoms with van der Waals surface area (Å²) in [6, 6.07) is 17.4. The highest BCUT2D eigenvalue weighted by molar-refractivity contribution is 5.67. The highest BCUT2D eigenvalue weighted by Gasteiger charge is 2.08. The zero-order chi connectivity index (χ0) is 16.5. The number of carboxylic acid groups (broad SMARTS) is 1. The summed E-state index contributed by atoms with van der Waals surface area (Å²) in [5.41, 5.74) is 1.99. The number of carbonyl (C=O) groups is 1. The number of terminal acetylenes is 1. The van der Waals surface area contributed by atoms with Crippen molar-refractivity contribution >= 4 is 11.7 Å². The monoisotopic (exact) mass is 309 g/mol. The summed E-state index contributed by atoms with van der Waals surface area (Å²) < 4.78 is 5.73. The predicted octanol–water partition coefficient (Wildman–Crippen LogP) is 3.18. The van der Waals surface area contributed by atoms with Crippen molar-refractivity contribution in [2.45, 2.75) is 13.0 Å². The Morgan fingerprint density at radius 1 is 1.13 bits per heavy atom. The Labute approximate surface area is 136 Å². The molecule has 0 spiro atoms. The third kappa shape index (κ3) is 5.40. The number of benzene rings is 2. The summed E-state index contributed by atoms with van der Waals surface area (Å²) in [6.45, 7) is 1.26. The summed E-state index contributed by atoms with van der Waals surface area (Å²) in [4.78, 5) is 12.6. The number of aliphatic carboxylic acids is 1. The Morgan fingerprint density at radius 3 is 2.43 bits per heavy atom. The molecule has 0 aliphatic carbocycles. The van der Waals surface area contributed by atoms with Gasteiger partial charge in [-0.1, -0.05) is 36.3 Å². The van der Waals surface area contributed by atoms with Crippen LogP contribution in [-0.4, -0.2) is 24.2 Å². The zero-order valence-electron chi connectivity index (χ0n) is 12.8. The number of anilines is 1. The molecule has 0 saturated heterocycles. The smallest absolute Gasteiger partial charge is 0.305 e. The molecule has 0 saturated carbocycles. The molecule has 4 heteroatoms. The fraction of sp³-hybridized carbons (Fsp3) is 0.211. The van der Waals surface area contributed by atoms with E-state index in [9.17, 15) is 4.79 Å². The van der Waals surface area contributed by atoms with E-state index in [0.29, 0.717) is 19.7 Å². The summed E-state index contributed by atoms with van der Waals surface area (Å²) in [5, 5.41) is 8.80. The highest BCUT2D eigenvalue weighted by atomic mass is 16.5. The lowest BCUT2D eigenvalue weighted by molar-refractivity contribution is -0.136. The van der Waals surface area contributed by atoms with Crippen molar-refractivity contribution in [1.29, 1.82) is 0 Å². The van der Waals surface area contributed by atoms with Crippen molar-refractivity contribution in [3.05, 3.63) is 60.2 Å². The number of ether oxygens (including phenoxy) is 1. The van der Waals surface area contributed by atoms with E-state index >= 15 is 0 Å². The van der Waals surface area contributed by atoms with E-state index in [4.69, 9.17) is 16.3 Å². The van der Waals surface area contributed by atoms with Crippen LogP contribution in [0.15, 0.2) is 54.6 Å². The Bertz CT molecular complexity index is 659. The maximum absolute atomic E-state index is 10.7. The third-order valence-electron chi connectivity index (χ3n) is 3.33. The molecule has 2 aromatic carbocycles. The molecule has 0 atom stereocenters. The molecular weight excluding hydrogens is 290 g/mol. The highest BCUT2D eigenvalue weighted by Crippen LogP contribution is 2.20. The quantitative estimate of drug-likeness (QED) is 0.761. The molecule has 118 valence electrons.